The highest BCUT2D eigenvalue weighted by molar-refractivity contribution is 7.13. The summed E-state index contributed by atoms with van der Waals surface area (Å²) in [4.78, 5) is 30.4. The van der Waals surface area contributed by atoms with Crippen LogP contribution in [0.4, 0.5) is 10.5 Å². The SMILES string of the molecule is CC(=O)Nc1ccc(-c2nc([C@H]3CCCCN3C(=O)OC(C)(C)C)cs2)cc1. The lowest BCUT2D eigenvalue weighted by molar-refractivity contribution is -0.114. The van der Waals surface area contributed by atoms with Crippen molar-refractivity contribution < 1.29 is 14.3 Å². The maximum Gasteiger partial charge on any atom is 0.410 e. The second-order valence-corrected chi connectivity index (χ2v) is 8.88. The first-order valence-electron chi connectivity index (χ1n) is 9.56. The highest BCUT2D eigenvalue weighted by Crippen LogP contribution is 2.35. The molecular weight excluding hydrogens is 374 g/mol. The third kappa shape index (κ3) is 5.10. The number of carbonyl (C=O) groups excluding carboxylic acids is 2. The summed E-state index contributed by atoms with van der Waals surface area (Å²) in [7, 11) is 0. The molecule has 0 spiro atoms. The lowest BCUT2D eigenvalue weighted by Crippen LogP contribution is -2.42. The van der Waals surface area contributed by atoms with E-state index in [1.807, 2.05) is 55.3 Å². The monoisotopic (exact) mass is 401 g/mol. The zero-order chi connectivity index (χ0) is 20.3. The van der Waals surface area contributed by atoms with Crippen LogP contribution in [-0.4, -0.2) is 34.0 Å². The van der Waals surface area contributed by atoms with Gasteiger partial charge in [0.1, 0.15) is 10.6 Å². The molecule has 28 heavy (non-hydrogen) atoms. The minimum absolute atomic E-state index is 0.0488. The van der Waals surface area contributed by atoms with E-state index in [4.69, 9.17) is 9.72 Å². The first-order valence-corrected chi connectivity index (χ1v) is 10.4. The number of amides is 2. The van der Waals surface area contributed by atoms with E-state index in [9.17, 15) is 9.59 Å². The molecule has 2 amide bonds. The van der Waals surface area contributed by atoms with Crippen LogP contribution >= 0.6 is 11.3 Å². The molecule has 1 aromatic heterocycles. The number of nitrogens with one attached hydrogen (secondary N) is 1. The van der Waals surface area contributed by atoms with Gasteiger partial charge in [0.05, 0.1) is 11.7 Å². The number of hydrogen-bond acceptors (Lipinski definition) is 5. The number of hydrogen-bond donors (Lipinski definition) is 1. The minimum atomic E-state index is -0.512. The number of piperidine rings is 1. The first-order chi connectivity index (χ1) is 13.2. The predicted molar refractivity (Wildman–Crippen MR) is 111 cm³/mol. The first kappa shape index (κ1) is 20.3. The fourth-order valence-corrected chi connectivity index (χ4v) is 4.12. The molecule has 1 aromatic carbocycles. The van der Waals surface area contributed by atoms with E-state index in [1.54, 1.807) is 11.3 Å². The molecule has 0 radical (unpaired) electrons. The van der Waals surface area contributed by atoms with E-state index in [-0.39, 0.29) is 18.0 Å². The van der Waals surface area contributed by atoms with Crippen LogP contribution in [0, 0.1) is 0 Å². The van der Waals surface area contributed by atoms with Crippen LogP contribution in [0.1, 0.15) is 58.7 Å². The Morgan fingerprint density at radius 2 is 1.93 bits per heavy atom. The van der Waals surface area contributed by atoms with Crippen LogP contribution in [0.15, 0.2) is 29.6 Å². The van der Waals surface area contributed by atoms with E-state index in [0.717, 1.165) is 41.2 Å². The van der Waals surface area contributed by atoms with Gasteiger partial charge in [0.25, 0.3) is 0 Å². The van der Waals surface area contributed by atoms with Gasteiger partial charge in [-0.25, -0.2) is 9.78 Å². The van der Waals surface area contributed by atoms with Crippen molar-refractivity contribution in [2.24, 2.45) is 0 Å². The Morgan fingerprint density at radius 1 is 1.21 bits per heavy atom. The maximum atomic E-state index is 12.6. The molecule has 6 nitrogen and oxygen atoms in total. The molecule has 7 heteroatoms. The van der Waals surface area contributed by atoms with Crippen molar-refractivity contribution >= 4 is 29.0 Å². The van der Waals surface area contributed by atoms with E-state index in [1.165, 1.54) is 6.92 Å². The van der Waals surface area contributed by atoms with Crippen molar-refractivity contribution in [2.75, 3.05) is 11.9 Å². The summed E-state index contributed by atoms with van der Waals surface area (Å²) < 4.78 is 5.59. The van der Waals surface area contributed by atoms with Crippen molar-refractivity contribution in [3.05, 3.63) is 35.3 Å². The minimum Gasteiger partial charge on any atom is -0.444 e. The van der Waals surface area contributed by atoms with Gasteiger partial charge in [-0.2, -0.15) is 0 Å². The van der Waals surface area contributed by atoms with Gasteiger partial charge in [0.2, 0.25) is 5.91 Å². The van der Waals surface area contributed by atoms with Crippen LogP contribution < -0.4 is 5.32 Å². The number of carbonyl (C=O) groups is 2. The second-order valence-electron chi connectivity index (χ2n) is 8.02. The smallest absolute Gasteiger partial charge is 0.410 e. The van der Waals surface area contributed by atoms with Crippen molar-refractivity contribution in [1.82, 2.24) is 9.88 Å². The second kappa shape index (κ2) is 8.31. The van der Waals surface area contributed by atoms with Gasteiger partial charge in [-0.1, -0.05) is 0 Å². The molecule has 1 saturated heterocycles. The average molecular weight is 402 g/mol. The van der Waals surface area contributed by atoms with Crippen molar-refractivity contribution in [2.45, 2.75) is 58.6 Å². The highest BCUT2D eigenvalue weighted by Gasteiger charge is 2.32. The third-order valence-electron chi connectivity index (χ3n) is 4.45. The van der Waals surface area contributed by atoms with Crippen LogP contribution in [-0.2, 0) is 9.53 Å². The van der Waals surface area contributed by atoms with Gasteiger partial charge >= 0.3 is 6.09 Å². The number of aromatic nitrogens is 1. The molecule has 1 fully saturated rings. The molecular formula is C21H27N3O3S. The lowest BCUT2D eigenvalue weighted by atomic mass is 10.0. The predicted octanol–water partition coefficient (Wildman–Crippen LogP) is 5.23. The van der Waals surface area contributed by atoms with Gasteiger partial charge in [0.15, 0.2) is 0 Å². The summed E-state index contributed by atoms with van der Waals surface area (Å²) in [5.74, 6) is -0.0937. The van der Waals surface area contributed by atoms with Gasteiger partial charge in [-0.15, -0.1) is 11.3 Å². The molecule has 3 rings (SSSR count). The standard InChI is InChI=1S/C21H27N3O3S/c1-14(25)22-16-10-8-15(9-11-16)19-23-17(13-28-19)18-7-5-6-12-24(18)20(26)27-21(2,3)4/h8-11,13,18H,5-7,12H2,1-4H3,(H,22,25)/t18-/m1/s1. The van der Waals surface area contributed by atoms with Crippen molar-refractivity contribution in [1.29, 1.82) is 0 Å². The fraction of sp³-hybridized carbons (Fsp3) is 0.476. The summed E-state index contributed by atoms with van der Waals surface area (Å²) >= 11 is 1.57. The number of benzene rings is 1. The summed E-state index contributed by atoms with van der Waals surface area (Å²) in [6.45, 7) is 7.83. The van der Waals surface area contributed by atoms with Crippen LogP contribution in [0.2, 0.25) is 0 Å². The normalized spacial score (nSPS) is 17.3. The van der Waals surface area contributed by atoms with E-state index >= 15 is 0 Å². The molecule has 0 bridgehead atoms. The summed E-state index contributed by atoms with van der Waals surface area (Å²) in [5, 5.41) is 5.70. The topological polar surface area (TPSA) is 71.5 Å². The van der Waals surface area contributed by atoms with Gasteiger partial charge in [-0.3, -0.25) is 9.69 Å². The molecule has 150 valence electrons. The molecule has 1 aliphatic heterocycles. The number of anilines is 1. The fourth-order valence-electron chi connectivity index (χ4n) is 3.25. The molecule has 1 aliphatic rings. The zero-order valence-corrected chi connectivity index (χ0v) is 17.6. The highest BCUT2D eigenvalue weighted by atomic mass is 32.1. The quantitative estimate of drug-likeness (QED) is 0.764. The molecule has 1 N–H and O–H groups in total. The van der Waals surface area contributed by atoms with E-state index < -0.39 is 5.60 Å². The molecule has 1 atom stereocenters. The zero-order valence-electron chi connectivity index (χ0n) is 16.8. The van der Waals surface area contributed by atoms with Gasteiger partial charge in [-0.05, 0) is 64.3 Å². The Kier molecular flexibility index (Phi) is 6.03. The Labute approximate surface area is 169 Å². The number of thiazole rings is 1. The number of nitrogens with zero attached hydrogens (tertiary/aromatic N) is 2. The summed E-state index contributed by atoms with van der Waals surface area (Å²) in [5.41, 5.74) is 2.15. The van der Waals surface area contributed by atoms with Gasteiger partial charge in [0, 0.05) is 30.1 Å². The maximum absolute atomic E-state index is 12.6. The molecule has 0 aliphatic carbocycles. The van der Waals surface area contributed by atoms with E-state index in [0.29, 0.717) is 6.54 Å². The largest absolute Gasteiger partial charge is 0.444 e. The molecule has 2 aromatic rings. The third-order valence-corrected chi connectivity index (χ3v) is 5.36. The van der Waals surface area contributed by atoms with E-state index in [2.05, 4.69) is 5.32 Å². The van der Waals surface area contributed by atoms with Crippen molar-refractivity contribution in [3.63, 3.8) is 0 Å². The summed E-state index contributed by atoms with van der Waals surface area (Å²) in [6.07, 6.45) is 2.68. The molecule has 2 heterocycles. The number of rotatable bonds is 3. The summed E-state index contributed by atoms with van der Waals surface area (Å²) in [6, 6.07) is 7.57. The molecule has 0 saturated carbocycles. The van der Waals surface area contributed by atoms with Gasteiger partial charge < -0.3 is 10.1 Å². The van der Waals surface area contributed by atoms with Crippen LogP contribution in [0.5, 0.6) is 0 Å². The van der Waals surface area contributed by atoms with Crippen LogP contribution in [0.3, 0.4) is 0 Å². The number of ether oxygens (including phenoxy) is 1. The Hall–Kier alpha value is -2.41. The Morgan fingerprint density at radius 3 is 2.57 bits per heavy atom. The Bertz CT molecular complexity index is 839. The van der Waals surface area contributed by atoms with Crippen molar-refractivity contribution in [3.8, 4) is 10.6 Å². The Balaban J connectivity index is 1.77. The average Bonchev–Trinajstić information content (AvgIpc) is 3.10. The number of likely N-dealkylation sites (tertiary alicyclic amines) is 1. The molecule has 0 unspecified atom stereocenters. The van der Waals surface area contributed by atoms with Crippen LogP contribution in [0.25, 0.3) is 10.6 Å². The lowest BCUT2D eigenvalue weighted by Gasteiger charge is -2.36.